The molecule has 0 radical (unpaired) electrons. The Balaban J connectivity index is 1.92. The van der Waals surface area contributed by atoms with E-state index in [0.717, 1.165) is 46.8 Å². The smallest absolute Gasteiger partial charge is 0.160 e. The minimum absolute atomic E-state index is 0.159. The van der Waals surface area contributed by atoms with Crippen LogP contribution in [0.25, 0.3) is 0 Å². The first kappa shape index (κ1) is 19.6. The second-order valence-electron chi connectivity index (χ2n) is 6.03. The predicted molar refractivity (Wildman–Crippen MR) is 105 cm³/mol. The van der Waals surface area contributed by atoms with Gasteiger partial charge in [-0.25, -0.2) is 0 Å². The minimum atomic E-state index is 0.159. The van der Waals surface area contributed by atoms with Crippen LogP contribution in [-0.4, -0.2) is 26.9 Å². The van der Waals surface area contributed by atoms with E-state index in [1.807, 2.05) is 38.1 Å². The first-order valence-electron chi connectivity index (χ1n) is 8.40. The van der Waals surface area contributed by atoms with E-state index < -0.39 is 0 Å². The van der Waals surface area contributed by atoms with Gasteiger partial charge in [0.15, 0.2) is 11.5 Å². The fourth-order valence-electron chi connectivity index (χ4n) is 2.55. The zero-order valence-electron chi connectivity index (χ0n) is 15.3. The molecule has 0 heterocycles. The highest BCUT2D eigenvalue weighted by molar-refractivity contribution is 9.10. The number of benzene rings is 2. The second-order valence-corrected chi connectivity index (χ2v) is 6.95. The molecule has 1 N–H and O–H groups in total. The van der Waals surface area contributed by atoms with Crippen molar-refractivity contribution in [1.29, 1.82) is 0 Å². The average Bonchev–Trinajstić information content (AvgIpc) is 2.60. The first-order valence-corrected chi connectivity index (χ1v) is 9.19. The van der Waals surface area contributed by atoms with E-state index in [9.17, 15) is 0 Å². The first-order chi connectivity index (χ1) is 12.0. The Bertz CT molecular complexity index is 689. The molecular weight excluding hydrogens is 382 g/mol. The third-order valence-electron chi connectivity index (χ3n) is 3.74. The number of rotatable bonds is 9. The van der Waals surface area contributed by atoms with E-state index in [-0.39, 0.29) is 6.10 Å². The molecule has 0 amide bonds. The van der Waals surface area contributed by atoms with Gasteiger partial charge in [0.1, 0.15) is 5.75 Å². The summed E-state index contributed by atoms with van der Waals surface area (Å²) in [6, 6.07) is 12.1. The fourth-order valence-corrected chi connectivity index (χ4v) is 2.96. The van der Waals surface area contributed by atoms with Crippen molar-refractivity contribution < 1.29 is 14.2 Å². The van der Waals surface area contributed by atoms with Crippen molar-refractivity contribution in [3.63, 3.8) is 0 Å². The van der Waals surface area contributed by atoms with Gasteiger partial charge in [0.2, 0.25) is 0 Å². The molecule has 0 aromatic heterocycles. The Hall–Kier alpha value is -1.72. The standard InChI is InChI=1S/C20H26BrNO3/c1-14(2)25-18-8-6-17(21)12-16(18)13-22-10-9-15-5-7-19(23-3)20(11-15)24-4/h5-8,11-12,14,22H,9-10,13H2,1-4H3. The minimum Gasteiger partial charge on any atom is -0.493 e. The number of halogens is 1. The van der Waals surface area contributed by atoms with Gasteiger partial charge in [-0.3, -0.25) is 0 Å². The lowest BCUT2D eigenvalue weighted by Gasteiger charge is -2.15. The number of ether oxygens (including phenoxy) is 3. The molecule has 0 spiro atoms. The number of nitrogens with one attached hydrogen (secondary N) is 1. The molecule has 25 heavy (non-hydrogen) atoms. The van der Waals surface area contributed by atoms with E-state index in [4.69, 9.17) is 14.2 Å². The lowest BCUT2D eigenvalue weighted by molar-refractivity contribution is 0.239. The quantitative estimate of drug-likeness (QED) is 0.617. The fraction of sp³-hybridized carbons (Fsp3) is 0.400. The van der Waals surface area contributed by atoms with E-state index in [1.54, 1.807) is 14.2 Å². The molecule has 0 aliphatic heterocycles. The lowest BCUT2D eigenvalue weighted by Crippen LogP contribution is -2.18. The lowest BCUT2D eigenvalue weighted by atomic mass is 10.1. The molecule has 2 rings (SSSR count). The van der Waals surface area contributed by atoms with E-state index in [1.165, 1.54) is 5.56 Å². The molecule has 0 aliphatic carbocycles. The van der Waals surface area contributed by atoms with Gasteiger partial charge < -0.3 is 19.5 Å². The van der Waals surface area contributed by atoms with Crippen molar-refractivity contribution in [2.75, 3.05) is 20.8 Å². The molecule has 0 atom stereocenters. The summed E-state index contributed by atoms with van der Waals surface area (Å²) in [6.07, 6.45) is 1.07. The maximum atomic E-state index is 5.88. The molecule has 0 unspecified atom stereocenters. The van der Waals surface area contributed by atoms with Gasteiger partial charge >= 0.3 is 0 Å². The zero-order chi connectivity index (χ0) is 18.2. The largest absolute Gasteiger partial charge is 0.493 e. The van der Waals surface area contributed by atoms with Crippen LogP contribution < -0.4 is 19.5 Å². The highest BCUT2D eigenvalue weighted by Crippen LogP contribution is 2.28. The summed E-state index contributed by atoms with van der Waals surface area (Å²) in [5.41, 5.74) is 2.36. The van der Waals surface area contributed by atoms with Crippen LogP contribution in [0.5, 0.6) is 17.2 Å². The predicted octanol–water partition coefficient (Wildman–Crippen LogP) is 4.59. The normalized spacial score (nSPS) is 10.8. The summed E-state index contributed by atoms with van der Waals surface area (Å²) in [7, 11) is 3.30. The van der Waals surface area contributed by atoms with Gasteiger partial charge in [-0.15, -0.1) is 0 Å². The summed E-state index contributed by atoms with van der Waals surface area (Å²) in [4.78, 5) is 0. The van der Waals surface area contributed by atoms with Gasteiger partial charge in [-0.2, -0.15) is 0 Å². The monoisotopic (exact) mass is 407 g/mol. The van der Waals surface area contributed by atoms with Crippen molar-refractivity contribution in [3.8, 4) is 17.2 Å². The second kappa shape index (κ2) is 9.68. The molecule has 136 valence electrons. The summed E-state index contributed by atoms with van der Waals surface area (Å²) < 4.78 is 17.6. The number of hydrogen-bond donors (Lipinski definition) is 1. The molecule has 2 aromatic carbocycles. The molecule has 0 saturated heterocycles. The Labute approximate surface area is 158 Å². The molecule has 2 aromatic rings. The molecule has 0 aliphatic rings. The van der Waals surface area contributed by atoms with Crippen molar-refractivity contribution in [2.45, 2.75) is 32.9 Å². The Morgan fingerprint density at radius 2 is 1.68 bits per heavy atom. The summed E-state index contributed by atoms with van der Waals surface area (Å²) >= 11 is 3.53. The van der Waals surface area contributed by atoms with Crippen LogP contribution >= 0.6 is 15.9 Å². The summed E-state index contributed by atoms with van der Waals surface area (Å²) in [6.45, 7) is 5.70. The van der Waals surface area contributed by atoms with Crippen LogP contribution in [0.1, 0.15) is 25.0 Å². The molecule has 0 bridgehead atoms. The van der Waals surface area contributed by atoms with Crippen molar-refractivity contribution >= 4 is 15.9 Å². The van der Waals surface area contributed by atoms with Gasteiger partial charge in [-0.05, 0) is 62.7 Å². The van der Waals surface area contributed by atoms with Gasteiger partial charge in [0.05, 0.1) is 20.3 Å². The molecule has 5 heteroatoms. The Morgan fingerprint density at radius 3 is 2.36 bits per heavy atom. The SMILES string of the molecule is COc1ccc(CCNCc2cc(Br)ccc2OC(C)C)cc1OC. The van der Waals surface area contributed by atoms with Crippen LogP contribution in [0.15, 0.2) is 40.9 Å². The van der Waals surface area contributed by atoms with Gasteiger partial charge in [-0.1, -0.05) is 22.0 Å². The van der Waals surface area contributed by atoms with Crippen LogP contribution in [-0.2, 0) is 13.0 Å². The van der Waals surface area contributed by atoms with E-state index >= 15 is 0 Å². The third-order valence-corrected chi connectivity index (χ3v) is 4.23. The number of hydrogen-bond acceptors (Lipinski definition) is 4. The van der Waals surface area contributed by atoms with Crippen LogP contribution in [0.3, 0.4) is 0 Å². The van der Waals surface area contributed by atoms with E-state index in [0.29, 0.717) is 0 Å². The van der Waals surface area contributed by atoms with Crippen molar-refractivity contribution in [1.82, 2.24) is 5.32 Å². The molecule has 4 nitrogen and oxygen atoms in total. The molecule has 0 saturated carbocycles. The highest BCUT2D eigenvalue weighted by Gasteiger charge is 2.07. The van der Waals surface area contributed by atoms with Crippen molar-refractivity contribution in [3.05, 3.63) is 52.0 Å². The van der Waals surface area contributed by atoms with E-state index in [2.05, 4.69) is 33.4 Å². The van der Waals surface area contributed by atoms with Gasteiger partial charge in [0, 0.05) is 16.6 Å². The maximum absolute atomic E-state index is 5.88. The topological polar surface area (TPSA) is 39.7 Å². The zero-order valence-corrected chi connectivity index (χ0v) is 16.9. The number of methoxy groups -OCH3 is 2. The van der Waals surface area contributed by atoms with Gasteiger partial charge in [0.25, 0.3) is 0 Å². The Morgan fingerprint density at radius 1 is 0.960 bits per heavy atom. The maximum Gasteiger partial charge on any atom is 0.160 e. The molecule has 0 fully saturated rings. The molecular formula is C20H26BrNO3. The third kappa shape index (κ3) is 5.94. The average molecular weight is 408 g/mol. The van der Waals surface area contributed by atoms with Crippen LogP contribution in [0.4, 0.5) is 0 Å². The van der Waals surface area contributed by atoms with Crippen LogP contribution in [0, 0.1) is 0 Å². The summed E-state index contributed by atoms with van der Waals surface area (Å²) in [5.74, 6) is 2.44. The highest BCUT2D eigenvalue weighted by atomic mass is 79.9. The van der Waals surface area contributed by atoms with Crippen molar-refractivity contribution in [2.24, 2.45) is 0 Å². The summed E-state index contributed by atoms with van der Waals surface area (Å²) in [5, 5.41) is 3.48. The van der Waals surface area contributed by atoms with Crippen LogP contribution in [0.2, 0.25) is 0 Å². The Kier molecular flexibility index (Phi) is 7.59.